The first-order valence-electron chi connectivity index (χ1n) is 7.21. The van der Waals surface area contributed by atoms with E-state index in [9.17, 15) is 9.90 Å². The van der Waals surface area contributed by atoms with Gasteiger partial charge in [0.05, 0.1) is 12.8 Å². The second-order valence-corrected chi connectivity index (χ2v) is 5.83. The van der Waals surface area contributed by atoms with E-state index >= 15 is 0 Å². The maximum atomic E-state index is 12.0. The standard InChI is InChI=1S/C18H15NO4S/c1-22-14-6-4-5-12(9-14)17-19-13(11-24-17)10-23-18(21)15-7-2-3-8-16(15)20/h2-9,11,20H,10H2,1H3. The van der Waals surface area contributed by atoms with E-state index in [1.807, 2.05) is 29.6 Å². The molecule has 122 valence electrons. The molecular formula is C18H15NO4S. The van der Waals surface area contributed by atoms with Crippen LogP contribution in [0, 0.1) is 0 Å². The van der Waals surface area contributed by atoms with Crippen molar-refractivity contribution in [2.24, 2.45) is 0 Å². The third-order valence-corrected chi connectivity index (χ3v) is 4.28. The van der Waals surface area contributed by atoms with Crippen molar-refractivity contribution in [2.45, 2.75) is 6.61 Å². The highest BCUT2D eigenvalue weighted by Gasteiger charge is 2.13. The molecule has 0 atom stereocenters. The number of methoxy groups -OCH3 is 1. The fraction of sp³-hybridized carbons (Fsp3) is 0.111. The SMILES string of the molecule is COc1cccc(-c2nc(COC(=O)c3ccccc3O)cs2)c1. The lowest BCUT2D eigenvalue weighted by atomic mass is 10.2. The number of hydrogen-bond donors (Lipinski definition) is 1. The summed E-state index contributed by atoms with van der Waals surface area (Å²) in [6.45, 7) is 0.0492. The van der Waals surface area contributed by atoms with Gasteiger partial charge in [-0.3, -0.25) is 0 Å². The number of esters is 1. The first kappa shape index (κ1) is 16.0. The molecule has 0 bridgehead atoms. The van der Waals surface area contributed by atoms with Gasteiger partial charge in [0, 0.05) is 10.9 Å². The number of hydrogen-bond acceptors (Lipinski definition) is 6. The molecule has 0 radical (unpaired) electrons. The van der Waals surface area contributed by atoms with Crippen LogP contribution in [0.2, 0.25) is 0 Å². The molecule has 0 aliphatic heterocycles. The van der Waals surface area contributed by atoms with Crippen LogP contribution >= 0.6 is 11.3 Å². The van der Waals surface area contributed by atoms with Gasteiger partial charge in [-0.05, 0) is 24.3 Å². The number of benzene rings is 2. The normalized spacial score (nSPS) is 10.4. The molecule has 0 fully saturated rings. The van der Waals surface area contributed by atoms with Gasteiger partial charge in [-0.25, -0.2) is 9.78 Å². The zero-order chi connectivity index (χ0) is 16.9. The maximum Gasteiger partial charge on any atom is 0.342 e. The molecule has 24 heavy (non-hydrogen) atoms. The molecule has 6 heteroatoms. The summed E-state index contributed by atoms with van der Waals surface area (Å²) in [4.78, 5) is 16.4. The van der Waals surface area contributed by atoms with E-state index < -0.39 is 5.97 Å². The van der Waals surface area contributed by atoms with Crippen molar-refractivity contribution < 1.29 is 19.4 Å². The monoisotopic (exact) mass is 341 g/mol. The van der Waals surface area contributed by atoms with E-state index in [1.165, 1.54) is 23.5 Å². The summed E-state index contributed by atoms with van der Waals surface area (Å²) in [7, 11) is 1.62. The summed E-state index contributed by atoms with van der Waals surface area (Å²) in [5.74, 6) is 0.0807. The molecule has 0 aliphatic carbocycles. The number of aromatic hydroxyl groups is 1. The van der Waals surface area contributed by atoms with Gasteiger partial charge in [0.15, 0.2) is 0 Å². The van der Waals surface area contributed by atoms with Crippen LogP contribution in [0.1, 0.15) is 16.1 Å². The minimum atomic E-state index is -0.580. The number of carbonyl (C=O) groups excluding carboxylic acids is 1. The van der Waals surface area contributed by atoms with Crippen molar-refractivity contribution in [1.82, 2.24) is 4.98 Å². The molecular weight excluding hydrogens is 326 g/mol. The second-order valence-electron chi connectivity index (χ2n) is 4.97. The molecule has 3 rings (SSSR count). The number of ether oxygens (including phenoxy) is 2. The van der Waals surface area contributed by atoms with Gasteiger partial charge in [-0.2, -0.15) is 0 Å². The minimum Gasteiger partial charge on any atom is -0.507 e. The summed E-state index contributed by atoms with van der Waals surface area (Å²) < 4.78 is 10.4. The van der Waals surface area contributed by atoms with Crippen molar-refractivity contribution in [3.63, 3.8) is 0 Å². The average Bonchev–Trinajstić information content (AvgIpc) is 3.09. The van der Waals surface area contributed by atoms with Crippen molar-refractivity contribution in [2.75, 3.05) is 7.11 Å². The zero-order valence-electron chi connectivity index (χ0n) is 12.9. The molecule has 2 aromatic carbocycles. The molecule has 0 spiro atoms. The predicted octanol–water partition coefficient (Wildman–Crippen LogP) is 3.88. The largest absolute Gasteiger partial charge is 0.507 e. The first-order chi connectivity index (χ1) is 11.7. The van der Waals surface area contributed by atoms with Crippen molar-refractivity contribution in [3.8, 4) is 22.1 Å². The number of aromatic nitrogens is 1. The highest BCUT2D eigenvalue weighted by molar-refractivity contribution is 7.13. The molecule has 1 N–H and O–H groups in total. The van der Waals surface area contributed by atoms with Crippen molar-refractivity contribution in [3.05, 3.63) is 65.2 Å². The van der Waals surface area contributed by atoms with Gasteiger partial charge < -0.3 is 14.6 Å². The molecule has 1 heterocycles. The van der Waals surface area contributed by atoms with Crippen LogP contribution in [0.4, 0.5) is 0 Å². The number of phenols is 1. The van der Waals surface area contributed by atoms with E-state index in [0.29, 0.717) is 5.69 Å². The summed E-state index contributed by atoms with van der Waals surface area (Å²) in [6, 6.07) is 13.9. The van der Waals surface area contributed by atoms with Gasteiger partial charge in [-0.1, -0.05) is 24.3 Å². The van der Waals surface area contributed by atoms with Crippen molar-refractivity contribution >= 4 is 17.3 Å². The summed E-state index contributed by atoms with van der Waals surface area (Å²) >= 11 is 1.47. The Morgan fingerprint density at radius 1 is 1.21 bits per heavy atom. The fourth-order valence-corrected chi connectivity index (χ4v) is 2.93. The smallest absolute Gasteiger partial charge is 0.342 e. The Bertz CT molecular complexity index is 859. The number of phenolic OH excluding ortho intramolecular Hbond substituents is 1. The van der Waals surface area contributed by atoms with Crippen LogP contribution in [0.25, 0.3) is 10.6 Å². The van der Waals surface area contributed by atoms with Gasteiger partial charge in [-0.15, -0.1) is 11.3 Å². The summed E-state index contributed by atoms with van der Waals surface area (Å²) in [5, 5.41) is 12.3. The second kappa shape index (κ2) is 7.14. The molecule has 0 saturated carbocycles. The van der Waals surface area contributed by atoms with E-state index in [1.54, 1.807) is 19.2 Å². The summed E-state index contributed by atoms with van der Waals surface area (Å²) in [5.41, 5.74) is 1.74. The first-order valence-corrected chi connectivity index (χ1v) is 8.09. The molecule has 0 saturated heterocycles. The lowest BCUT2D eigenvalue weighted by molar-refractivity contribution is 0.0465. The van der Waals surface area contributed by atoms with Crippen LogP contribution in [-0.4, -0.2) is 23.2 Å². The highest BCUT2D eigenvalue weighted by Crippen LogP contribution is 2.27. The van der Waals surface area contributed by atoms with E-state index in [2.05, 4.69) is 4.98 Å². The molecule has 1 aromatic heterocycles. The van der Waals surface area contributed by atoms with Crippen LogP contribution < -0.4 is 4.74 Å². The third-order valence-electron chi connectivity index (χ3n) is 3.34. The number of para-hydroxylation sites is 1. The molecule has 0 aliphatic rings. The quantitative estimate of drug-likeness (QED) is 0.713. The number of thiazole rings is 1. The van der Waals surface area contributed by atoms with Gasteiger partial charge in [0.2, 0.25) is 0 Å². The molecule has 0 amide bonds. The van der Waals surface area contributed by atoms with Gasteiger partial charge in [0.1, 0.15) is 28.7 Å². The van der Waals surface area contributed by atoms with E-state index in [4.69, 9.17) is 9.47 Å². The Morgan fingerprint density at radius 3 is 2.83 bits per heavy atom. The Morgan fingerprint density at radius 2 is 2.04 bits per heavy atom. The van der Waals surface area contributed by atoms with E-state index in [-0.39, 0.29) is 17.9 Å². The minimum absolute atomic E-state index is 0.0492. The highest BCUT2D eigenvalue weighted by atomic mass is 32.1. The van der Waals surface area contributed by atoms with Gasteiger partial charge >= 0.3 is 5.97 Å². The van der Waals surface area contributed by atoms with Crippen LogP contribution in [0.15, 0.2) is 53.9 Å². The van der Waals surface area contributed by atoms with Crippen LogP contribution in [-0.2, 0) is 11.3 Å². The topological polar surface area (TPSA) is 68.7 Å². The third kappa shape index (κ3) is 3.55. The number of rotatable bonds is 5. The number of nitrogens with zero attached hydrogens (tertiary/aromatic N) is 1. The Hall–Kier alpha value is -2.86. The van der Waals surface area contributed by atoms with E-state index in [0.717, 1.165) is 16.3 Å². The zero-order valence-corrected chi connectivity index (χ0v) is 13.7. The lowest BCUT2D eigenvalue weighted by Gasteiger charge is -2.04. The Kier molecular flexibility index (Phi) is 4.77. The van der Waals surface area contributed by atoms with Crippen LogP contribution in [0.3, 0.4) is 0 Å². The lowest BCUT2D eigenvalue weighted by Crippen LogP contribution is -2.05. The number of carbonyl (C=O) groups is 1. The fourth-order valence-electron chi connectivity index (χ4n) is 2.13. The Labute approximate surface area is 143 Å². The molecule has 3 aromatic rings. The average molecular weight is 341 g/mol. The Balaban J connectivity index is 1.68. The van der Waals surface area contributed by atoms with Crippen LogP contribution in [0.5, 0.6) is 11.5 Å². The van der Waals surface area contributed by atoms with Crippen molar-refractivity contribution in [1.29, 1.82) is 0 Å². The van der Waals surface area contributed by atoms with Gasteiger partial charge in [0.25, 0.3) is 0 Å². The molecule has 0 unspecified atom stereocenters. The summed E-state index contributed by atoms with van der Waals surface area (Å²) in [6.07, 6.45) is 0. The molecule has 5 nitrogen and oxygen atoms in total. The predicted molar refractivity (Wildman–Crippen MR) is 91.3 cm³/mol. The maximum absolute atomic E-state index is 12.0.